The summed E-state index contributed by atoms with van der Waals surface area (Å²) in [5.74, 6) is -1.86. The molecule has 0 radical (unpaired) electrons. The molecule has 1 aromatic heterocycles. The van der Waals surface area contributed by atoms with Crippen LogP contribution in [0.1, 0.15) is 30.5 Å². The first-order valence-corrected chi connectivity index (χ1v) is 4.95. The first-order valence-electron chi connectivity index (χ1n) is 4.95. The Morgan fingerprint density at radius 2 is 2.27 bits per heavy atom. The van der Waals surface area contributed by atoms with E-state index < -0.39 is 5.92 Å². The van der Waals surface area contributed by atoms with Gasteiger partial charge in [0.05, 0.1) is 0 Å². The molecule has 1 saturated carbocycles. The summed E-state index contributed by atoms with van der Waals surface area (Å²) in [6.07, 6.45) is 0.324. The van der Waals surface area contributed by atoms with Crippen LogP contribution in [0, 0.1) is 0 Å². The molecule has 0 amide bonds. The van der Waals surface area contributed by atoms with Gasteiger partial charge in [-0.25, -0.2) is 8.78 Å². The predicted molar refractivity (Wildman–Crippen MR) is 48.9 cm³/mol. The van der Waals surface area contributed by atoms with Crippen molar-refractivity contribution in [2.75, 3.05) is 13.6 Å². The lowest BCUT2D eigenvalue weighted by Crippen LogP contribution is -2.33. The quantitative estimate of drug-likeness (QED) is 0.827. The highest BCUT2D eigenvalue weighted by Gasteiger charge is 2.48. The van der Waals surface area contributed by atoms with Gasteiger partial charge in [0.2, 0.25) is 11.8 Å². The molecular formula is C9H13F2N3O. The van der Waals surface area contributed by atoms with Gasteiger partial charge in [0.1, 0.15) is 0 Å². The van der Waals surface area contributed by atoms with Crippen molar-refractivity contribution in [1.82, 2.24) is 15.5 Å². The summed E-state index contributed by atoms with van der Waals surface area (Å²) < 4.78 is 30.1. The maximum atomic E-state index is 12.6. The number of rotatable bonds is 4. The van der Waals surface area contributed by atoms with E-state index in [0.29, 0.717) is 18.1 Å². The summed E-state index contributed by atoms with van der Waals surface area (Å²) in [7, 11) is 1.83. The third kappa shape index (κ3) is 2.31. The lowest BCUT2D eigenvalue weighted by Gasteiger charge is -2.31. The van der Waals surface area contributed by atoms with E-state index in [0.717, 1.165) is 6.54 Å². The molecule has 0 atom stereocenters. The maximum absolute atomic E-state index is 12.6. The van der Waals surface area contributed by atoms with Crippen LogP contribution < -0.4 is 5.32 Å². The predicted octanol–water partition coefficient (Wildman–Crippen LogP) is 1.34. The van der Waals surface area contributed by atoms with Gasteiger partial charge in [0.15, 0.2) is 5.82 Å². The van der Waals surface area contributed by atoms with Crippen LogP contribution in [0.15, 0.2) is 4.52 Å². The standard InChI is InChI=1S/C9H13F2N3O/c1-12-3-2-7-13-8(15-14-7)6-4-9(10,11)5-6/h6,12H,2-5H2,1H3. The molecule has 0 aliphatic heterocycles. The van der Waals surface area contributed by atoms with E-state index in [2.05, 4.69) is 15.5 Å². The Kier molecular flexibility index (Phi) is 2.68. The van der Waals surface area contributed by atoms with Crippen LogP contribution in [0.2, 0.25) is 0 Å². The number of hydrogen-bond acceptors (Lipinski definition) is 4. The number of halogens is 2. The Balaban J connectivity index is 1.91. The van der Waals surface area contributed by atoms with Crippen LogP contribution in [-0.2, 0) is 6.42 Å². The topological polar surface area (TPSA) is 51.0 Å². The van der Waals surface area contributed by atoms with Gasteiger partial charge < -0.3 is 9.84 Å². The molecule has 2 rings (SSSR count). The second kappa shape index (κ2) is 3.84. The minimum absolute atomic E-state index is 0.166. The summed E-state index contributed by atoms with van der Waals surface area (Å²) in [5, 5.41) is 6.69. The van der Waals surface area contributed by atoms with E-state index in [9.17, 15) is 8.78 Å². The molecule has 1 aliphatic rings. The van der Waals surface area contributed by atoms with Crippen LogP contribution in [-0.4, -0.2) is 29.7 Å². The van der Waals surface area contributed by atoms with Gasteiger partial charge in [-0.05, 0) is 7.05 Å². The highest BCUT2D eigenvalue weighted by Crippen LogP contribution is 2.47. The minimum Gasteiger partial charge on any atom is -0.339 e. The van der Waals surface area contributed by atoms with E-state index >= 15 is 0 Å². The first-order chi connectivity index (χ1) is 7.11. The zero-order chi connectivity index (χ0) is 10.9. The van der Waals surface area contributed by atoms with Crippen LogP contribution in [0.25, 0.3) is 0 Å². The molecule has 1 aromatic rings. The zero-order valence-electron chi connectivity index (χ0n) is 8.46. The van der Waals surface area contributed by atoms with Gasteiger partial charge >= 0.3 is 0 Å². The Morgan fingerprint density at radius 1 is 1.53 bits per heavy atom. The average molecular weight is 217 g/mol. The van der Waals surface area contributed by atoms with Crippen molar-refractivity contribution in [2.45, 2.75) is 31.1 Å². The molecule has 0 saturated heterocycles. The van der Waals surface area contributed by atoms with Crippen molar-refractivity contribution in [1.29, 1.82) is 0 Å². The molecule has 6 heteroatoms. The molecule has 0 aromatic carbocycles. The lowest BCUT2D eigenvalue weighted by atomic mass is 9.81. The number of nitrogens with one attached hydrogen (secondary N) is 1. The Bertz CT molecular complexity index is 332. The SMILES string of the molecule is CNCCc1noc(C2CC(F)(F)C2)n1. The molecule has 15 heavy (non-hydrogen) atoms. The van der Waals surface area contributed by atoms with Crippen LogP contribution >= 0.6 is 0 Å². The van der Waals surface area contributed by atoms with E-state index in [1.807, 2.05) is 7.05 Å². The van der Waals surface area contributed by atoms with Crippen molar-refractivity contribution >= 4 is 0 Å². The van der Waals surface area contributed by atoms with Crippen LogP contribution in [0.4, 0.5) is 8.78 Å². The van der Waals surface area contributed by atoms with Crippen molar-refractivity contribution in [3.05, 3.63) is 11.7 Å². The second-order valence-electron chi connectivity index (χ2n) is 3.86. The molecular weight excluding hydrogens is 204 g/mol. The first kappa shape index (κ1) is 10.5. The van der Waals surface area contributed by atoms with Crippen molar-refractivity contribution in [3.8, 4) is 0 Å². The molecule has 1 aliphatic carbocycles. The highest BCUT2D eigenvalue weighted by atomic mass is 19.3. The van der Waals surface area contributed by atoms with Crippen LogP contribution in [0.5, 0.6) is 0 Å². The van der Waals surface area contributed by atoms with Crippen LogP contribution in [0.3, 0.4) is 0 Å². The second-order valence-corrected chi connectivity index (χ2v) is 3.86. The summed E-state index contributed by atoms with van der Waals surface area (Å²) >= 11 is 0. The molecule has 0 spiro atoms. The summed E-state index contributed by atoms with van der Waals surface area (Å²) in [5.41, 5.74) is 0. The lowest BCUT2D eigenvalue weighted by molar-refractivity contribution is -0.0925. The smallest absolute Gasteiger partial charge is 0.249 e. The normalized spacial score (nSPS) is 20.2. The van der Waals surface area contributed by atoms with Gasteiger partial charge in [0.25, 0.3) is 0 Å². The Morgan fingerprint density at radius 3 is 2.87 bits per heavy atom. The number of hydrogen-bond donors (Lipinski definition) is 1. The van der Waals surface area contributed by atoms with Gasteiger partial charge in [0, 0.05) is 31.7 Å². The molecule has 0 bridgehead atoms. The van der Waals surface area contributed by atoms with E-state index in [1.54, 1.807) is 0 Å². The molecule has 84 valence electrons. The molecule has 1 fully saturated rings. The summed E-state index contributed by atoms with van der Waals surface area (Å²) in [6, 6.07) is 0. The Labute approximate surface area is 86.0 Å². The number of alkyl halides is 2. The van der Waals surface area contributed by atoms with Gasteiger partial charge in [-0.1, -0.05) is 5.16 Å². The van der Waals surface area contributed by atoms with Gasteiger partial charge in [-0.15, -0.1) is 0 Å². The fraction of sp³-hybridized carbons (Fsp3) is 0.778. The van der Waals surface area contributed by atoms with Crippen molar-refractivity contribution in [3.63, 3.8) is 0 Å². The van der Waals surface area contributed by atoms with Gasteiger partial charge in [-0.2, -0.15) is 4.98 Å². The van der Waals surface area contributed by atoms with Crippen molar-refractivity contribution in [2.24, 2.45) is 0 Å². The van der Waals surface area contributed by atoms with E-state index in [4.69, 9.17) is 4.52 Å². The van der Waals surface area contributed by atoms with E-state index in [1.165, 1.54) is 0 Å². The molecule has 1 heterocycles. The molecule has 4 nitrogen and oxygen atoms in total. The largest absolute Gasteiger partial charge is 0.339 e. The monoisotopic (exact) mass is 217 g/mol. The Hall–Kier alpha value is -1.04. The maximum Gasteiger partial charge on any atom is 0.249 e. The van der Waals surface area contributed by atoms with E-state index in [-0.39, 0.29) is 18.8 Å². The molecule has 1 N–H and O–H groups in total. The zero-order valence-corrected chi connectivity index (χ0v) is 8.46. The fourth-order valence-electron chi connectivity index (χ4n) is 1.61. The van der Waals surface area contributed by atoms with Gasteiger partial charge in [-0.3, -0.25) is 0 Å². The number of aromatic nitrogens is 2. The van der Waals surface area contributed by atoms with Crippen molar-refractivity contribution < 1.29 is 13.3 Å². The summed E-state index contributed by atoms with van der Waals surface area (Å²) in [6.45, 7) is 0.750. The highest BCUT2D eigenvalue weighted by molar-refractivity contribution is 5.04. The fourth-order valence-corrected chi connectivity index (χ4v) is 1.61. The number of likely N-dealkylation sites (N-methyl/N-ethyl adjacent to an activating group) is 1. The third-order valence-electron chi connectivity index (χ3n) is 2.52. The minimum atomic E-state index is -2.54. The average Bonchev–Trinajstić information content (AvgIpc) is 2.59. The third-order valence-corrected chi connectivity index (χ3v) is 2.52. The number of nitrogens with zero attached hydrogens (tertiary/aromatic N) is 2. The molecule has 0 unspecified atom stereocenters. The summed E-state index contributed by atoms with van der Waals surface area (Å²) in [4.78, 5) is 4.08.